The molecule has 0 bridgehead atoms. The minimum absolute atomic E-state index is 1.15. The molecular weight excluding hydrogens is 242 g/mol. The fourth-order valence-electron chi connectivity index (χ4n) is 3.06. The zero-order valence-corrected chi connectivity index (χ0v) is 11.4. The molecule has 4 aromatic carbocycles. The van der Waals surface area contributed by atoms with Crippen molar-refractivity contribution in [1.82, 2.24) is 0 Å². The molecule has 0 heterocycles. The molecule has 1 N–H and O–H groups in total. The summed E-state index contributed by atoms with van der Waals surface area (Å²) in [7, 11) is 1.96. The van der Waals surface area contributed by atoms with Crippen LogP contribution in [0.3, 0.4) is 0 Å². The van der Waals surface area contributed by atoms with E-state index in [1.54, 1.807) is 0 Å². The van der Waals surface area contributed by atoms with E-state index in [1.807, 2.05) is 7.05 Å². The standard InChI is InChI=1S/C19H15N/c1-20-13-10-11-18-16-8-3-2-6-14(16)15-7-4-5-9-17(15)19(18)12-13/h2-12,20H,1H3. The van der Waals surface area contributed by atoms with E-state index in [9.17, 15) is 0 Å². The maximum absolute atomic E-state index is 3.23. The number of benzene rings is 4. The first kappa shape index (κ1) is 11.3. The number of nitrogens with one attached hydrogen (secondary N) is 1. The first-order chi connectivity index (χ1) is 9.88. The lowest BCUT2D eigenvalue weighted by atomic mass is 9.94. The number of rotatable bonds is 1. The van der Waals surface area contributed by atoms with Crippen LogP contribution in [0.2, 0.25) is 0 Å². The number of hydrogen-bond donors (Lipinski definition) is 1. The fourth-order valence-corrected chi connectivity index (χ4v) is 3.06. The molecular formula is C19H15N. The monoisotopic (exact) mass is 257 g/mol. The van der Waals surface area contributed by atoms with Crippen LogP contribution in [0.25, 0.3) is 32.3 Å². The molecule has 0 amide bonds. The lowest BCUT2D eigenvalue weighted by Crippen LogP contribution is -1.88. The van der Waals surface area contributed by atoms with E-state index in [-0.39, 0.29) is 0 Å². The van der Waals surface area contributed by atoms with Crippen LogP contribution in [0.15, 0.2) is 66.7 Å². The Hall–Kier alpha value is -2.54. The molecule has 4 aromatic rings. The van der Waals surface area contributed by atoms with Crippen LogP contribution in [0, 0.1) is 0 Å². The van der Waals surface area contributed by atoms with Gasteiger partial charge in [-0.25, -0.2) is 0 Å². The van der Waals surface area contributed by atoms with Crippen molar-refractivity contribution in [3.05, 3.63) is 66.7 Å². The predicted octanol–water partition coefficient (Wildman–Crippen LogP) is 5.19. The molecule has 0 aliphatic heterocycles. The Labute approximate surface area is 117 Å². The highest BCUT2D eigenvalue weighted by molar-refractivity contribution is 6.25. The van der Waals surface area contributed by atoms with Gasteiger partial charge in [-0.1, -0.05) is 54.6 Å². The Bertz CT molecular complexity index is 903. The molecule has 20 heavy (non-hydrogen) atoms. The maximum atomic E-state index is 3.23. The van der Waals surface area contributed by atoms with Crippen molar-refractivity contribution in [2.75, 3.05) is 12.4 Å². The van der Waals surface area contributed by atoms with E-state index < -0.39 is 0 Å². The van der Waals surface area contributed by atoms with Gasteiger partial charge in [0.2, 0.25) is 0 Å². The number of fused-ring (bicyclic) bond motifs is 6. The SMILES string of the molecule is CNc1ccc2c3ccccc3c3ccccc3c2c1. The quantitative estimate of drug-likeness (QED) is 0.463. The smallest absolute Gasteiger partial charge is 0.0344 e. The third kappa shape index (κ3) is 1.50. The first-order valence-electron chi connectivity index (χ1n) is 6.89. The van der Waals surface area contributed by atoms with Gasteiger partial charge in [-0.3, -0.25) is 0 Å². The lowest BCUT2D eigenvalue weighted by molar-refractivity contribution is 1.54. The zero-order valence-electron chi connectivity index (χ0n) is 11.4. The first-order valence-corrected chi connectivity index (χ1v) is 6.89. The van der Waals surface area contributed by atoms with Gasteiger partial charge in [0, 0.05) is 12.7 Å². The Morgan fingerprint density at radius 2 is 1.00 bits per heavy atom. The van der Waals surface area contributed by atoms with Crippen molar-refractivity contribution >= 4 is 38.0 Å². The van der Waals surface area contributed by atoms with E-state index in [0.717, 1.165) is 5.69 Å². The van der Waals surface area contributed by atoms with E-state index in [1.165, 1.54) is 32.3 Å². The van der Waals surface area contributed by atoms with Gasteiger partial charge in [0.15, 0.2) is 0 Å². The highest BCUT2D eigenvalue weighted by Gasteiger charge is 2.07. The summed E-state index contributed by atoms with van der Waals surface area (Å²) in [6.07, 6.45) is 0. The van der Waals surface area contributed by atoms with Crippen LogP contribution < -0.4 is 5.32 Å². The second-order valence-corrected chi connectivity index (χ2v) is 5.10. The number of hydrogen-bond acceptors (Lipinski definition) is 1. The molecule has 0 saturated heterocycles. The normalized spacial score (nSPS) is 11.2. The van der Waals surface area contributed by atoms with Crippen molar-refractivity contribution in [3.63, 3.8) is 0 Å². The lowest BCUT2D eigenvalue weighted by Gasteiger charge is -2.11. The Morgan fingerprint density at radius 3 is 1.50 bits per heavy atom. The highest BCUT2D eigenvalue weighted by Crippen LogP contribution is 2.35. The van der Waals surface area contributed by atoms with Crippen LogP contribution in [0.4, 0.5) is 5.69 Å². The van der Waals surface area contributed by atoms with Gasteiger partial charge >= 0.3 is 0 Å². The molecule has 1 nitrogen and oxygen atoms in total. The van der Waals surface area contributed by atoms with Crippen LogP contribution in [0.5, 0.6) is 0 Å². The minimum Gasteiger partial charge on any atom is -0.388 e. The van der Waals surface area contributed by atoms with Crippen molar-refractivity contribution in [3.8, 4) is 0 Å². The molecule has 4 rings (SSSR count). The third-order valence-corrected chi connectivity index (χ3v) is 4.03. The summed E-state index contributed by atoms with van der Waals surface area (Å²) in [6, 6.07) is 23.9. The highest BCUT2D eigenvalue weighted by atomic mass is 14.8. The molecule has 0 aromatic heterocycles. The minimum atomic E-state index is 1.15. The van der Waals surface area contributed by atoms with Crippen LogP contribution in [0.1, 0.15) is 0 Å². The molecule has 0 atom stereocenters. The molecule has 0 radical (unpaired) electrons. The second kappa shape index (κ2) is 4.24. The fraction of sp³-hybridized carbons (Fsp3) is 0.0526. The van der Waals surface area contributed by atoms with E-state index in [2.05, 4.69) is 72.0 Å². The van der Waals surface area contributed by atoms with Crippen LogP contribution in [-0.4, -0.2) is 7.05 Å². The van der Waals surface area contributed by atoms with Gasteiger partial charge in [0.25, 0.3) is 0 Å². The second-order valence-electron chi connectivity index (χ2n) is 5.10. The molecule has 96 valence electrons. The Morgan fingerprint density at radius 1 is 0.550 bits per heavy atom. The summed E-state index contributed by atoms with van der Waals surface area (Å²) in [5, 5.41) is 11.2. The van der Waals surface area contributed by atoms with E-state index in [4.69, 9.17) is 0 Å². The van der Waals surface area contributed by atoms with Gasteiger partial charge < -0.3 is 5.32 Å². The average Bonchev–Trinajstić information content (AvgIpc) is 2.54. The Balaban J connectivity index is 2.35. The van der Waals surface area contributed by atoms with Crippen LogP contribution >= 0.6 is 0 Å². The molecule has 0 spiro atoms. The topological polar surface area (TPSA) is 12.0 Å². The number of anilines is 1. The maximum Gasteiger partial charge on any atom is 0.0344 e. The average molecular weight is 257 g/mol. The zero-order chi connectivity index (χ0) is 13.5. The van der Waals surface area contributed by atoms with Gasteiger partial charge in [-0.2, -0.15) is 0 Å². The summed E-state index contributed by atoms with van der Waals surface area (Å²) < 4.78 is 0. The molecule has 0 aliphatic carbocycles. The van der Waals surface area contributed by atoms with Crippen LogP contribution in [-0.2, 0) is 0 Å². The van der Waals surface area contributed by atoms with Gasteiger partial charge in [0.1, 0.15) is 0 Å². The predicted molar refractivity (Wildman–Crippen MR) is 88.5 cm³/mol. The van der Waals surface area contributed by atoms with Gasteiger partial charge in [-0.05, 0) is 44.5 Å². The van der Waals surface area contributed by atoms with Gasteiger partial charge in [0.05, 0.1) is 0 Å². The van der Waals surface area contributed by atoms with Gasteiger partial charge in [-0.15, -0.1) is 0 Å². The molecule has 0 unspecified atom stereocenters. The van der Waals surface area contributed by atoms with Crippen molar-refractivity contribution < 1.29 is 0 Å². The van der Waals surface area contributed by atoms with E-state index >= 15 is 0 Å². The van der Waals surface area contributed by atoms with E-state index in [0.29, 0.717) is 0 Å². The molecule has 1 heteroatoms. The molecule has 0 saturated carbocycles. The Kier molecular flexibility index (Phi) is 2.40. The van der Waals surface area contributed by atoms with Crippen molar-refractivity contribution in [2.45, 2.75) is 0 Å². The van der Waals surface area contributed by atoms with Crippen molar-refractivity contribution in [1.29, 1.82) is 0 Å². The summed E-state index contributed by atoms with van der Waals surface area (Å²) in [4.78, 5) is 0. The largest absolute Gasteiger partial charge is 0.388 e. The summed E-state index contributed by atoms with van der Waals surface area (Å²) >= 11 is 0. The summed E-state index contributed by atoms with van der Waals surface area (Å²) in [5.41, 5.74) is 1.15. The molecule has 0 aliphatic rings. The molecule has 0 fully saturated rings. The summed E-state index contributed by atoms with van der Waals surface area (Å²) in [5.74, 6) is 0. The summed E-state index contributed by atoms with van der Waals surface area (Å²) in [6.45, 7) is 0. The third-order valence-electron chi connectivity index (χ3n) is 4.03. The van der Waals surface area contributed by atoms with Crippen molar-refractivity contribution in [2.24, 2.45) is 0 Å².